The van der Waals surface area contributed by atoms with Gasteiger partial charge < -0.3 is 20.1 Å². The maximum atomic E-state index is 12.6. The Morgan fingerprint density at radius 3 is 3.05 bits per heavy atom. The number of ether oxygens (including phenoxy) is 2. The molecule has 0 saturated carbocycles. The number of halogens is 1. The van der Waals surface area contributed by atoms with Crippen molar-refractivity contribution in [2.45, 2.75) is 18.9 Å². The summed E-state index contributed by atoms with van der Waals surface area (Å²) < 4.78 is 11.0. The van der Waals surface area contributed by atoms with E-state index in [9.17, 15) is 4.79 Å². The second-order valence-corrected chi connectivity index (χ2v) is 5.37. The molecule has 0 aliphatic carbocycles. The number of hydrogen-bond acceptors (Lipinski definition) is 4. The predicted molar refractivity (Wildman–Crippen MR) is 87.5 cm³/mol. The van der Waals surface area contributed by atoms with Gasteiger partial charge in [-0.3, -0.25) is 4.79 Å². The number of hydrogen-bond donors (Lipinski definition) is 1. The molecule has 1 amide bonds. The molecule has 5 nitrogen and oxygen atoms in total. The lowest BCUT2D eigenvalue weighted by Crippen LogP contribution is -2.41. The Hall–Kier alpha value is -1.72. The zero-order chi connectivity index (χ0) is 14.8. The van der Waals surface area contributed by atoms with Crippen molar-refractivity contribution in [3.8, 4) is 11.5 Å². The number of nitrogens with two attached hydrogens (primary N) is 1. The average molecular weight is 325 g/mol. The van der Waals surface area contributed by atoms with Crippen LogP contribution < -0.4 is 15.2 Å². The normalized spacial score (nSPS) is 19.6. The molecule has 3 rings (SSSR count). The number of amides is 1. The zero-order valence-electron chi connectivity index (χ0n) is 12.6. The molecule has 120 valence electrons. The standard InChI is InChI=1S/C16H20N2O3.ClH/c1-20-14-6-2-4-11-8-12(10-21-15(11)14)16(19)18-7-3-5-13(18)9-17;/h2,4,6,8,13H,3,5,7,9-10,17H2,1H3;1H. The largest absolute Gasteiger partial charge is 0.493 e. The summed E-state index contributed by atoms with van der Waals surface area (Å²) >= 11 is 0. The molecule has 0 radical (unpaired) electrons. The third-order valence-corrected chi connectivity index (χ3v) is 4.12. The first-order valence-corrected chi connectivity index (χ1v) is 7.26. The van der Waals surface area contributed by atoms with Crippen LogP contribution in [0.2, 0.25) is 0 Å². The van der Waals surface area contributed by atoms with Gasteiger partial charge in [0.05, 0.1) is 12.7 Å². The molecule has 0 bridgehead atoms. The lowest BCUT2D eigenvalue weighted by molar-refractivity contribution is -0.128. The highest BCUT2D eigenvalue weighted by Crippen LogP contribution is 2.36. The van der Waals surface area contributed by atoms with Gasteiger partial charge >= 0.3 is 0 Å². The fourth-order valence-corrected chi connectivity index (χ4v) is 3.00. The van der Waals surface area contributed by atoms with Crippen LogP contribution in [-0.2, 0) is 4.79 Å². The molecule has 1 aromatic carbocycles. The van der Waals surface area contributed by atoms with E-state index in [1.807, 2.05) is 29.2 Å². The Labute approximate surface area is 136 Å². The minimum Gasteiger partial charge on any atom is -0.493 e. The van der Waals surface area contributed by atoms with Crippen LogP contribution >= 0.6 is 12.4 Å². The molecule has 2 N–H and O–H groups in total. The van der Waals surface area contributed by atoms with Gasteiger partial charge in [0.15, 0.2) is 11.5 Å². The molecule has 1 unspecified atom stereocenters. The summed E-state index contributed by atoms with van der Waals surface area (Å²) in [5.74, 6) is 1.43. The van der Waals surface area contributed by atoms with E-state index in [0.29, 0.717) is 23.6 Å². The molecular formula is C16H21ClN2O3. The highest BCUT2D eigenvalue weighted by molar-refractivity contribution is 5.99. The molecule has 6 heteroatoms. The quantitative estimate of drug-likeness (QED) is 0.921. The Morgan fingerprint density at radius 2 is 2.32 bits per heavy atom. The van der Waals surface area contributed by atoms with E-state index in [2.05, 4.69) is 0 Å². The Balaban J connectivity index is 0.00000176. The van der Waals surface area contributed by atoms with Crippen LogP contribution in [0, 0.1) is 0 Å². The number of methoxy groups -OCH3 is 1. The summed E-state index contributed by atoms with van der Waals surface area (Å²) in [4.78, 5) is 14.5. The molecule has 2 aliphatic heterocycles. The Kier molecular flexibility index (Phi) is 5.32. The van der Waals surface area contributed by atoms with Crippen molar-refractivity contribution in [3.63, 3.8) is 0 Å². The van der Waals surface area contributed by atoms with Crippen molar-refractivity contribution >= 4 is 24.4 Å². The van der Waals surface area contributed by atoms with E-state index in [1.165, 1.54) is 0 Å². The van der Waals surface area contributed by atoms with Crippen molar-refractivity contribution < 1.29 is 14.3 Å². The molecule has 0 aromatic heterocycles. The zero-order valence-corrected chi connectivity index (χ0v) is 13.4. The average Bonchev–Trinajstić information content (AvgIpc) is 3.01. The summed E-state index contributed by atoms with van der Waals surface area (Å²) in [5.41, 5.74) is 7.30. The van der Waals surface area contributed by atoms with Gasteiger partial charge in [-0.2, -0.15) is 0 Å². The van der Waals surface area contributed by atoms with Crippen LogP contribution in [-0.4, -0.2) is 43.7 Å². The second-order valence-electron chi connectivity index (χ2n) is 5.37. The molecule has 2 heterocycles. The number of benzene rings is 1. The number of carbonyl (C=O) groups excluding carboxylic acids is 1. The fraction of sp³-hybridized carbons (Fsp3) is 0.438. The summed E-state index contributed by atoms with van der Waals surface area (Å²) in [6.45, 7) is 1.58. The van der Waals surface area contributed by atoms with Gasteiger partial charge in [0.2, 0.25) is 0 Å². The van der Waals surface area contributed by atoms with Gasteiger partial charge in [-0.15, -0.1) is 12.4 Å². The van der Waals surface area contributed by atoms with Crippen LogP contribution in [0.5, 0.6) is 11.5 Å². The van der Waals surface area contributed by atoms with Gasteiger partial charge in [-0.1, -0.05) is 12.1 Å². The third kappa shape index (κ3) is 2.91. The SMILES string of the molecule is COc1cccc2c1OCC(C(=O)N1CCCC1CN)=C2.Cl. The van der Waals surface area contributed by atoms with Gasteiger partial charge in [0, 0.05) is 24.7 Å². The number of rotatable bonds is 3. The van der Waals surface area contributed by atoms with E-state index in [-0.39, 0.29) is 31.0 Å². The highest BCUT2D eigenvalue weighted by atomic mass is 35.5. The molecular weight excluding hydrogens is 304 g/mol. The number of carbonyl (C=O) groups is 1. The van der Waals surface area contributed by atoms with E-state index in [0.717, 1.165) is 24.9 Å². The van der Waals surface area contributed by atoms with Crippen molar-refractivity contribution in [2.24, 2.45) is 5.73 Å². The van der Waals surface area contributed by atoms with Crippen LogP contribution in [0.1, 0.15) is 18.4 Å². The van der Waals surface area contributed by atoms with E-state index < -0.39 is 0 Å². The van der Waals surface area contributed by atoms with Crippen molar-refractivity contribution in [2.75, 3.05) is 26.8 Å². The monoisotopic (exact) mass is 324 g/mol. The lowest BCUT2D eigenvalue weighted by Gasteiger charge is -2.27. The number of nitrogens with zero attached hydrogens (tertiary/aromatic N) is 1. The maximum absolute atomic E-state index is 12.6. The summed E-state index contributed by atoms with van der Waals surface area (Å²) in [6.07, 6.45) is 3.91. The van der Waals surface area contributed by atoms with Gasteiger partial charge in [0.25, 0.3) is 5.91 Å². The first-order valence-electron chi connectivity index (χ1n) is 7.26. The van der Waals surface area contributed by atoms with Crippen molar-refractivity contribution in [1.82, 2.24) is 4.90 Å². The fourth-order valence-electron chi connectivity index (χ4n) is 3.00. The van der Waals surface area contributed by atoms with Crippen molar-refractivity contribution in [1.29, 1.82) is 0 Å². The van der Waals surface area contributed by atoms with Crippen LogP contribution in [0.15, 0.2) is 23.8 Å². The second kappa shape index (κ2) is 7.03. The van der Waals surface area contributed by atoms with Crippen LogP contribution in [0.25, 0.3) is 6.08 Å². The van der Waals surface area contributed by atoms with Crippen molar-refractivity contribution in [3.05, 3.63) is 29.3 Å². The molecule has 1 aromatic rings. The third-order valence-electron chi connectivity index (χ3n) is 4.12. The summed E-state index contributed by atoms with van der Waals surface area (Å²) in [7, 11) is 1.61. The molecule has 2 aliphatic rings. The molecule has 1 atom stereocenters. The van der Waals surface area contributed by atoms with E-state index in [4.69, 9.17) is 15.2 Å². The van der Waals surface area contributed by atoms with Gasteiger partial charge in [0.1, 0.15) is 6.61 Å². The lowest BCUT2D eigenvalue weighted by atomic mass is 10.1. The molecule has 1 fully saturated rings. The topological polar surface area (TPSA) is 64.8 Å². The molecule has 0 spiro atoms. The van der Waals surface area contributed by atoms with Gasteiger partial charge in [-0.05, 0) is 25.0 Å². The smallest absolute Gasteiger partial charge is 0.253 e. The number of likely N-dealkylation sites (tertiary alicyclic amines) is 1. The minimum atomic E-state index is 0. The first kappa shape index (κ1) is 16.6. The van der Waals surface area contributed by atoms with E-state index in [1.54, 1.807) is 7.11 Å². The molecule has 1 saturated heterocycles. The maximum Gasteiger partial charge on any atom is 0.253 e. The highest BCUT2D eigenvalue weighted by Gasteiger charge is 2.31. The van der Waals surface area contributed by atoms with Crippen LogP contribution in [0.4, 0.5) is 0 Å². The number of fused-ring (bicyclic) bond motifs is 1. The summed E-state index contributed by atoms with van der Waals surface area (Å²) in [6, 6.07) is 5.83. The molecule has 22 heavy (non-hydrogen) atoms. The summed E-state index contributed by atoms with van der Waals surface area (Å²) in [5, 5.41) is 0. The Morgan fingerprint density at radius 1 is 1.50 bits per heavy atom. The van der Waals surface area contributed by atoms with Gasteiger partial charge in [-0.25, -0.2) is 0 Å². The number of para-hydroxylation sites is 1. The van der Waals surface area contributed by atoms with E-state index >= 15 is 0 Å². The van der Waals surface area contributed by atoms with Crippen LogP contribution in [0.3, 0.4) is 0 Å². The minimum absolute atomic E-state index is 0. The predicted octanol–water partition coefficient (Wildman–Crippen LogP) is 1.84. The first-order chi connectivity index (χ1) is 10.2. The Bertz CT molecular complexity index is 589.